The number of thioether (sulfide) groups is 1. The Balaban J connectivity index is 1.77. The quantitative estimate of drug-likeness (QED) is 0.741. The molecule has 0 unspecified atom stereocenters. The van der Waals surface area contributed by atoms with E-state index in [9.17, 15) is 14.0 Å². The van der Waals surface area contributed by atoms with E-state index < -0.39 is 17.0 Å². The van der Waals surface area contributed by atoms with Crippen LogP contribution in [0.1, 0.15) is 18.1 Å². The third-order valence-corrected chi connectivity index (χ3v) is 4.56. The van der Waals surface area contributed by atoms with Gasteiger partial charge in [-0.1, -0.05) is 30.3 Å². The standard InChI is InChI=1S/C19H16FNO3S/c1-2-24-15-9-7-13(8-10-15)11-17-18(22)21(19(23)25-17)12-14-5-3-4-6-16(14)20/h3-11H,2,12H2,1H3/b17-11+. The van der Waals surface area contributed by atoms with Crippen LogP contribution in [0, 0.1) is 5.82 Å². The van der Waals surface area contributed by atoms with Gasteiger partial charge in [-0.05, 0) is 48.5 Å². The first-order valence-electron chi connectivity index (χ1n) is 7.80. The van der Waals surface area contributed by atoms with Gasteiger partial charge in [-0.25, -0.2) is 4.39 Å². The third-order valence-electron chi connectivity index (χ3n) is 3.65. The van der Waals surface area contributed by atoms with Crippen LogP contribution in [0.3, 0.4) is 0 Å². The van der Waals surface area contributed by atoms with Crippen LogP contribution < -0.4 is 4.74 Å². The lowest BCUT2D eigenvalue weighted by molar-refractivity contribution is -0.123. The molecule has 2 aromatic carbocycles. The summed E-state index contributed by atoms with van der Waals surface area (Å²) in [4.78, 5) is 26.0. The van der Waals surface area contributed by atoms with Crippen LogP contribution in [0.15, 0.2) is 53.4 Å². The second kappa shape index (κ2) is 7.53. The Morgan fingerprint density at radius 1 is 1.12 bits per heavy atom. The number of hydrogen-bond donors (Lipinski definition) is 0. The van der Waals surface area contributed by atoms with Crippen LogP contribution in [0.2, 0.25) is 0 Å². The molecular formula is C19H16FNO3S. The first-order valence-corrected chi connectivity index (χ1v) is 8.61. The van der Waals surface area contributed by atoms with Gasteiger partial charge in [0.05, 0.1) is 18.1 Å². The van der Waals surface area contributed by atoms with E-state index in [4.69, 9.17) is 4.74 Å². The van der Waals surface area contributed by atoms with E-state index >= 15 is 0 Å². The summed E-state index contributed by atoms with van der Waals surface area (Å²) in [7, 11) is 0. The van der Waals surface area contributed by atoms with Gasteiger partial charge in [-0.2, -0.15) is 0 Å². The molecule has 0 saturated carbocycles. The summed E-state index contributed by atoms with van der Waals surface area (Å²) < 4.78 is 19.1. The Labute approximate surface area is 149 Å². The van der Waals surface area contributed by atoms with Gasteiger partial charge in [0.1, 0.15) is 11.6 Å². The molecule has 4 nitrogen and oxygen atoms in total. The van der Waals surface area contributed by atoms with Gasteiger partial charge in [0.25, 0.3) is 11.1 Å². The van der Waals surface area contributed by atoms with Crippen LogP contribution >= 0.6 is 11.8 Å². The van der Waals surface area contributed by atoms with E-state index in [-0.39, 0.29) is 6.54 Å². The molecule has 0 N–H and O–H groups in total. The number of nitrogens with zero attached hydrogens (tertiary/aromatic N) is 1. The Morgan fingerprint density at radius 3 is 2.52 bits per heavy atom. The SMILES string of the molecule is CCOc1ccc(/C=C2/SC(=O)N(Cc3ccccc3F)C2=O)cc1. The zero-order valence-corrected chi connectivity index (χ0v) is 14.4. The molecular weight excluding hydrogens is 341 g/mol. The van der Waals surface area contributed by atoms with Crippen molar-refractivity contribution in [2.75, 3.05) is 6.61 Å². The number of rotatable bonds is 5. The molecule has 0 bridgehead atoms. The summed E-state index contributed by atoms with van der Waals surface area (Å²) in [6, 6.07) is 13.4. The Bertz CT molecular complexity index is 833. The minimum atomic E-state index is -0.433. The Morgan fingerprint density at radius 2 is 1.84 bits per heavy atom. The monoisotopic (exact) mass is 357 g/mol. The lowest BCUT2D eigenvalue weighted by atomic mass is 10.2. The molecule has 1 aliphatic rings. The molecule has 1 fully saturated rings. The van der Waals surface area contributed by atoms with Crippen molar-refractivity contribution in [2.24, 2.45) is 0 Å². The number of hydrogen-bond acceptors (Lipinski definition) is 4. The average molecular weight is 357 g/mol. The highest BCUT2D eigenvalue weighted by atomic mass is 32.2. The highest BCUT2D eigenvalue weighted by Gasteiger charge is 2.35. The van der Waals surface area contributed by atoms with Gasteiger partial charge in [0.2, 0.25) is 0 Å². The van der Waals surface area contributed by atoms with Gasteiger partial charge >= 0.3 is 0 Å². The number of benzene rings is 2. The molecule has 6 heteroatoms. The van der Waals surface area contributed by atoms with E-state index in [2.05, 4.69) is 0 Å². The highest BCUT2D eigenvalue weighted by Crippen LogP contribution is 2.33. The molecule has 3 rings (SSSR count). The molecule has 0 aromatic heterocycles. The van der Waals surface area contributed by atoms with Crippen LogP contribution in [0.5, 0.6) is 5.75 Å². The fourth-order valence-corrected chi connectivity index (χ4v) is 3.25. The van der Waals surface area contributed by atoms with E-state index in [0.29, 0.717) is 17.1 Å². The highest BCUT2D eigenvalue weighted by molar-refractivity contribution is 8.18. The van der Waals surface area contributed by atoms with Crippen molar-refractivity contribution in [3.63, 3.8) is 0 Å². The normalized spacial score (nSPS) is 15.9. The van der Waals surface area contributed by atoms with Crippen molar-refractivity contribution in [1.29, 1.82) is 0 Å². The van der Waals surface area contributed by atoms with E-state index in [1.165, 1.54) is 6.07 Å². The molecule has 0 radical (unpaired) electrons. The summed E-state index contributed by atoms with van der Waals surface area (Å²) in [5.74, 6) is -0.100. The Kier molecular flexibility index (Phi) is 5.19. The summed E-state index contributed by atoms with van der Waals surface area (Å²) in [5, 5.41) is -0.398. The smallest absolute Gasteiger partial charge is 0.293 e. The molecule has 1 heterocycles. The van der Waals surface area contributed by atoms with Crippen molar-refractivity contribution >= 4 is 29.0 Å². The van der Waals surface area contributed by atoms with Crippen LogP contribution in [-0.2, 0) is 11.3 Å². The molecule has 2 amide bonds. The van der Waals surface area contributed by atoms with Crippen molar-refractivity contribution in [3.8, 4) is 5.75 Å². The summed E-state index contributed by atoms with van der Waals surface area (Å²) >= 11 is 0.861. The molecule has 25 heavy (non-hydrogen) atoms. The van der Waals surface area contributed by atoms with Crippen molar-refractivity contribution < 1.29 is 18.7 Å². The third kappa shape index (κ3) is 3.91. The fourth-order valence-electron chi connectivity index (χ4n) is 2.41. The summed E-state index contributed by atoms with van der Waals surface area (Å²) in [6.07, 6.45) is 1.65. The zero-order valence-electron chi connectivity index (χ0n) is 13.6. The van der Waals surface area contributed by atoms with Crippen molar-refractivity contribution in [1.82, 2.24) is 4.90 Å². The molecule has 128 valence electrons. The number of ether oxygens (including phenoxy) is 1. The molecule has 1 saturated heterocycles. The number of carbonyl (C=O) groups excluding carboxylic acids is 2. The fraction of sp³-hybridized carbons (Fsp3) is 0.158. The largest absolute Gasteiger partial charge is 0.494 e. The second-order valence-corrected chi connectivity index (χ2v) is 6.35. The molecule has 2 aromatic rings. The Hall–Kier alpha value is -2.60. The van der Waals surface area contributed by atoms with Crippen LogP contribution in [0.4, 0.5) is 9.18 Å². The van der Waals surface area contributed by atoms with E-state index in [0.717, 1.165) is 28.0 Å². The molecule has 0 spiro atoms. The van der Waals surface area contributed by atoms with Gasteiger partial charge in [-0.3, -0.25) is 14.5 Å². The maximum Gasteiger partial charge on any atom is 0.293 e. The lowest BCUT2D eigenvalue weighted by Crippen LogP contribution is -2.27. The van der Waals surface area contributed by atoms with E-state index in [1.54, 1.807) is 36.4 Å². The van der Waals surface area contributed by atoms with Crippen molar-refractivity contribution in [2.45, 2.75) is 13.5 Å². The second-order valence-electron chi connectivity index (χ2n) is 5.36. The van der Waals surface area contributed by atoms with Gasteiger partial charge in [0, 0.05) is 5.56 Å². The predicted molar refractivity (Wildman–Crippen MR) is 95.5 cm³/mol. The summed E-state index contributed by atoms with van der Waals surface area (Å²) in [5.41, 5.74) is 1.10. The summed E-state index contributed by atoms with van der Waals surface area (Å²) in [6.45, 7) is 2.41. The number of halogens is 1. The number of amides is 2. The van der Waals surface area contributed by atoms with E-state index in [1.807, 2.05) is 19.1 Å². The van der Waals surface area contributed by atoms with Crippen molar-refractivity contribution in [3.05, 3.63) is 70.4 Å². The molecule has 0 atom stereocenters. The zero-order chi connectivity index (χ0) is 17.8. The minimum absolute atomic E-state index is 0.0715. The van der Waals surface area contributed by atoms with Gasteiger partial charge in [0.15, 0.2) is 0 Å². The average Bonchev–Trinajstić information content (AvgIpc) is 2.86. The van der Waals surface area contributed by atoms with Gasteiger partial charge in [-0.15, -0.1) is 0 Å². The first kappa shape index (κ1) is 17.2. The minimum Gasteiger partial charge on any atom is -0.494 e. The van der Waals surface area contributed by atoms with Crippen LogP contribution in [-0.4, -0.2) is 22.7 Å². The van der Waals surface area contributed by atoms with Crippen LogP contribution in [0.25, 0.3) is 6.08 Å². The lowest BCUT2D eigenvalue weighted by Gasteiger charge is -2.12. The number of carbonyl (C=O) groups is 2. The molecule has 0 aliphatic carbocycles. The topological polar surface area (TPSA) is 46.6 Å². The molecule has 1 aliphatic heterocycles. The first-order chi connectivity index (χ1) is 12.1. The predicted octanol–water partition coefficient (Wildman–Crippen LogP) is 4.46. The maximum atomic E-state index is 13.8. The van der Waals surface area contributed by atoms with Gasteiger partial charge < -0.3 is 4.74 Å². The number of imide groups is 1. The maximum absolute atomic E-state index is 13.8.